The lowest BCUT2D eigenvalue weighted by atomic mass is 9.96. The van der Waals surface area contributed by atoms with Gasteiger partial charge in [0.15, 0.2) is 0 Å². The van der Waals surface area contributed by atoms with Crippen LogP contribution in [0.15, 0.2) is 370 Å². The van der Waals surface area contributed by atoms with Gasteiger partial charge in [0.2, 0.25) is 0 Å². The first-order valence-electron chi connectivity index (χ1n) is 40.3. The average molecular weight is 1590 g/mol. The molecule has 0 saturated heterocycles. The Bertz CT molecular complexity index is 9080. The molecule has 119 heavy (non-hydrogen) atoms. The van der Waals surface area contributed by atoms with Gasteiger partial charge in [-0.3, -0.25) is 17.6 Å². The molecule has 1 aliphatic rings. The summed E-state index contributed by atoms with van der Waals surface area (Å²) in [5, 5.41) is 34.1. The van der Waals surface area contributed by atoms with Crippen LogP contribution in [0.25, 0.3) is 235 Å². The number of hydrogen-bond acceptors (Lipinski definition) is 4. The maximum Gasteiger partial charge on any atom is 0.147 e. The normalized spacial score (nSPS) is 13.8. The van der Waals surface area contributed by atoms with Gasteiger partial charge in [-0.25, -0.2) is 19.9 Å². The molecule has 0 amide bonds. The number of allylic oxidation sites excluding steroid dienone is 1. The lowest BCUT2D eigenvalue weighted by molar-refractivity contribution is 1.31. The Morgan fingerprint density at radius 1 is 0.235 bits per heavy atom. The molecule has 4 atom stereocenters. The molecule has 12 heteroatoms. The van der Waals surface area contributed by atoms with Crippen molar-refractivity contribution in [1.29, 1.82) is 0 Å². The van der Waals surface area contributed by atoms with Crippen LogP contribution in [0.4, 0.5) is 0 Å². The second-order valence-corrected chi connectivity index (χ2v) is 43.2. The number of aromatic nitrogens is 8. The van der Waals surface area contributed by atoms with Gasteiger partial charge >= 0.3 is 0 Å². The van der Waals surface area contributed by atoms with E-state index in [0.717, 1.165) is 69.2 Å². The Morgan fingerprint density at radius 3 is 1.04 bits per heavy atom. The number of imidazole rings is 4. The fourth-order valence-corrected chi connectivity index (χ4v) is 25.7. The second kappa shape index (κ2) is 26.6. The smallest absolute Gasteiger partial charge is 0.147 e. The van der Waals surface area contributed by atoms with E-state index in [4.69, 9.17) is 19.9 Å². The van der Waals surface area contributed by atoms with Crippen molar-refractivity contribution in [2.24, 2.45) is 0 Å². The van der Waals surface area contributed by atoms with E-state index in [-0.39, 0.29) is 0 Å². The van der Waals surface area contributed by atoms with Crippen LogP contribution < -0.4 is 5.30 Å². The van der Waals surface area contributed by atoms with E-state index in [1.54, 1.807) is 0 Å². The number of benzene rings is 19. The van der Waals surface area contributed by atoms with Crippen molar-refractivity contribution in [2.45, 2.75) is 0 Å². The highest BCUT2D eigenvalue weighted by molar-refractivity contribution is 8.69. The highest BCUT2D eigenvalue weighted by atomic mass is 32.6. The van der Waals surface area contributed by atoms with Crippen LogP contribution in [0.2, 0.25) is 0 Å². The number of fused-ring (bicyclic) bond motifs is 45. The fourth-order valence-electron chi connectivity index (χ4n) is 19.6. The molecule has 0 aliphatic carbocycles. The number of para-hydroxylation sites is 8. The first-order chi connectivity index (χ1) is 58.8. The highest BCUT2D eigenvalue weighted by Gasteiger charge is 2.26. The van der Waals surface area contributed by atoms with Gasteiger partial charge in [-0.15, -0.1) is 17.9 Å². The van der Waals surface area contributed by atoms with Crippen molar-refractivity contribution in [3.63, 3.8) is 0 Å². The van der Waals surface area contributed by atoms with Gasteiger partial charge in [0, 0.05) is 48.7 Å². The van der Waals surface area contributed by atoms with Crippen LogP contribution in [-0.4, -0.2) is 43.3 Å². The molecule has 27 aromatic rings. The van der Waals surface area contributed by atoms with Gasteiger partial charge in [-0.2, -0.15) is 0 Å². The van der Waals surface area contributed by atoms with E-state index >= 15 is 0 Å². The van der Waals surface area contributed by atoms with Gasteiger partial charge < -0.3 is 0 Å². The minimum atomic E-state index is -1.40. The summed E-state index contributed by atoms with van der Waals surface area (Å²) in [6, 6.07) is 131. The maximum atomic E-state index is 5.18. The predicted octanol–water partition coefficient (Wildman–Crippen LogP) is 28.9. The van der Waals surface area contributed by atoms with Crippen molar-refractivity contribution < 1.29 is 0 Å². The van der Waals surface area contributed by atoms with E-state index in [1.807, 2.05) is 0 Å². The third-order valence-electron chi connectivity index (χ3n) is 24.9. The summed E-state index contributed by atoms with van der Waals surface area (Å²) >= 11 is 0. The number of hydrogen-bond donors (Lipinski definition) is 0. The molecule has 8 aromatic heterocycles. The van der Waals surface area contributed by atoms with E-state index in [9.17, 15) is 0 Å². The van der Waals surface area contributed by atoms with Gasteiger partial charge in [-0.1, -0.05) is 299 Å². The van der Waals surface area contributed by atoms with Crippen LogP contribution in [0, 0.1) is 0 Å². The van der Waals surface area contributed by atoms with Crippen molar-refractivity contribution in [3.05, 3.63) is 376 Å². The topological polar surface area (TPSA) is 69.2 Å². The molecule has 9 heterocycles. The third-order valence-corrected chi connectivity index (χ3v) is 38.9. The molecule has 4 unspecified atom stereocenters. The standard InChI is InChI=1S/3C27H16N2.C26H20N2P4/c1-3-9-19-18(8-1)14-16-24-25(19)21-15-13-17-7-2-4-10-20(17)26(21)27-28-22-11-5-6-12-23(22)29(24)27;1-2-9-19-16-25-22(15-18(19)8-1)21-14-13-17-7-3-4-10-20(17)26(21)27-28-23-11-5-6-12-24(23)29(25)27;1-2-9-19-15-23-21(13-17(19)7-1)22-14-18-8-3-4-10-20(18)16-26(22)29-25-12-6-5-11-24(25)28-27(23)29;29-31-32(30)15-5-8-20-23(32)14-13-19-18-12-11-16-6-1-2-7-17(16)24(18)26-27-21-9-3-4-10-22(21)28(26)25(19)20/h3*1-16H;1-15,31H,29-30H2. The zero-order valence-electron chi connectivity index (χ0n) is 64.1. The summed E-state index contributed by atoms with van der Waals surface area (Å²) in [4.78, 5) is 20.4. The Labute approximate surface area is 686 Å². The Morgan fingerprint density at radius 2 is 0.563 bits per heavy atom. The van der Waals surface area contributed by atoms with E-state index < -0.39 is 6.26 Å². The summed E-state index contributed by atoms with van der Waals surface area (Å²) in [6.07, 6.45) is 3.16. The lowest BCUT2D eigenvalue weighted by Crippen LogP contribution is -2.10. The molecular formula is C107H68N8P4. The van der Waals surface area contributed by atoms with E-state index in [2.05, 4.69) is 417 Å². The largest absolute Gasteiger partial charge is 0.292 e. The molecule has 0 spiro atoms. The Balaban J connectivity index is 0.0000000882. The van der Waals surface area contributed by atoms with Crippen LogP contribution in [0.3, 0.4) is 0 Å². The van der Waals surface area contributed by atoms with Crippen molar-refractivity contribution in [3.8, 4) is 0 Å². The van der Waals surface area contributed by atoms with Crippen molar-refractivity contribution in [1.82, 2.24) is 37.5 Å². The minimum absolute atomic E-state index is 0.791. The fraction of sp³-hybridized carbons (Fsp3) is 0. The summed E-state index contributed by atoms with van der Waals surface area (Å²) in [5.74, 6) is 2.41. The predicted molar refractivity (Wildman–Crippen MR) is 523 cm³/mol. The van der Waals surface area contributed by atoms with Crippen molar-refractivity contribution >= 4 is 278 Å². The van der Waals surface area contributed by atoms with E-state index in [1.165, 1.54) is 178 Å². The summed E-state index contributed by atoms with van der Waals surface area (Å²) < 4.78 is 9.42. The Kier molecular flexibility index (Phi) is 15.3. The zero-order valence-corrected chi connectivity index (χ0v) is 68.3. The molecule has 8 nitrogen and oxygen atoms in total. The van der Waals surface area contributed by atoms with Crippen LogP contribution in [0.5, 0.6) is 0 Å². The lowest BCUT2D eigenvalue weighted by Gasteiger charge is -2.26. The van der Waals surface area contributed by atoms with Crippen molar-refractivity contribution in [2.75, 3.05) is 0 Å². The van der Waals surface area contributed by atoms with E-state index in [0.29, 0.717) is 0 Å². The molecule has 19 aromatic carbocycles. The molecule has 0 radical (unpaired) electrons. The van der Waals surface area contributed by atoms with Crippen LogP contribution in [-0.2, 0) is 0 Å². The molecule has 0 bridgehead atoms. The molecule has 0 fully saturated rings. The average Bonchev–Trinajstić information content (AvgIpc) is 1.53. The second-order valence-electron chi connectivity index (χ2n) is 31.3. The number of nitrogens with zero attached hydrogens (tertiary/aromatic N) is 8. The highest BCUT2D eigenvalue weighted by Crippen LogP contribution is 2.74. The Hall–Kier alpha value is -13.8. The third kappa shape index (κ3) is 10.4. The molecule has 556 valence electrons. The van der Waals surface area contributed by atoms with Gasteiger partial charge in [0.25, 0.3) is 0 Å². The van der Waals surface area contributed by atoms with Crippen LogP contribution in [0.1, 0.15) is 5.56 Å². The van der Waals surface area contributed by atoms with Crippen LogP contribution >= 0.6 is 32.1 Å². The molecular weight excluding hydrogens is 1520 g/mol. The minimum Gasteiger partial charge on any atom is -0.292 e. The molecule has 0 N–H and O–H groups in total. The van der Waals surface area contributed by atoms with Gasteiger partial charge in [0.05, 0.1) is 66.2 Å². The monoisotopic (exact) mass is 1590 g/mol. The number of pyridine rings is 4. The summed E-state index contributed by atoms with van der Waals surface area (Å²) in [7, 11) is 6.98. The first kappa shape index (κ1) is 68.4. The maximum absolute atomic E-state index is 5.18. The molecule has 0 saturated carbocycles. The molecule has 28 rings (SSSR count). The SMILES string of the molecule is PPP1(P)=CC=Cc2c1ccc1c3ccc4ccccc4c3c3nc4ccccc4n3c21.c1ccc2c(c1)ccc1c2c2ccc3ccccc3c2c2nc3ccccc3n12.c1ccc2cc3c(cc2c1)c1cc2ccccc2cc1n1c2ccccc2nc31.c1ccc2cc3c(cc2c1)c1ccc2ccccc2c1c1nc2ccccc2n31. The zero-order chi connectivity index (χ0) is 78.3. The van der Waals surface area contributed by atoms with Gasteiger partial charge in [0.1, 0.15) is 22.6 Å². The molecule has 1 aliphatic heterocycles. The summed E-state index contributed by atoms with van der Waals surface area (Å²) in [5.41, 5.74) is 19.1. The summed E-state index contributed by atoms with van der Waals surface area (Å²) in [6.45, 7) is 0. The first-order valence-corrected chi connectivity index (χ1v) is 47.4. The quantitative estimate of drug-likeness (QED) is 0.0933. The number of rotatable bonds is 1. The van der Waals surface area contributed by atoms with Gasteiger partial charge in [-0.05, 0) is 200 Å².